The Hall–Kier alpha value is -3.67. The van der Waals surface area contributed by atoms with Gasteiger partial charge in [0.15, 0.2) is 6.10 Å². The Labute approximate surface area is 375 Å². The zero-order valence-corrected chi connectivity index (χ0v) is 39.4. The van der Waals surface area contributed by atoms with E-state index in [1.807, 2.05) is 48.6 Å². The van der Waals surface area contributed by atoms with Crippen molar-refractivity contribution in [1.82, 2.24) is 0 Å². The fourth-order valence-corrected chi connectivity index (χ4v) is 6.49. The van der Waals surface area contributed by atoms with Gasteiger partial charge in [-0.1, -0.05) is 201 Å². The van der Waals surface area contributed by atoms with Crippen molar-refractivity contribution in [2.24, 2.45) is 0 Å². The fourth-order valence-electron chi connectivity index (χ4n) is 6.49. The molecule has 0 aromatic heterocycles. The summed E-state index contributed by atoms with van der Waals surface area (Å²) in [5.41, 5.74) is 0. The molecule has 0 saturated carbocycles. The van der Waals surface area contributed by atoms with Gasteiger partial charge in [0.25, 0.3) is 0 Å². The standard InChI is InChI=1S/C55H90O6/c1-4-7-10-13-16-19-22-25-27-29-30-33-36-39-42-45-48-54(57)60-51-52(50-59-53(56)47-44-41-38-35-32-24-21-18-15-12-9-6-3)61-55(58)49-46-43-40-37-34-31-28-26-23-20-17-14-11-8-5-2/h8-9,11-12,14,17-18,20-21,23,26-29,31,34,52H,4-7,10,13,15-16,19,22,24-25,30,32-33,35-51H2,1-3H3/b11-8-,12-9-,17-14-,21-18-,23-20-,28-26-,29-27-,34-31-. The van der Waals surface area contributed by atoms with Crippen LogP contribution in [0.1, 0.15) is 213 Å². The summed E-state index contributed by atoms with van der Waals surface area (Å²) in [7, 11) is 0. The number of hydrogen-bond acceptors (Lipinski definition) is 6. The second kappa shape index (κ2) is 49.0. The van der Waals surface area contributed by atoms with Crippen LogP contribution in [0.25, 0.3) is 0 Å². The molecule has 6 heteroatoms. The normalized spacial score (nSPS) is 12.9. The van der Waals surface area contributed by atoms with Crippen molar-refractivity contribution in [2.45, 2.75) is 219 Å². The van der Waals surface area contributed by atoms with Gasteiger partial charge in [-0.05, 0) is 89.9 Å². The molecule has 0 amide bonds. The Morgan fingerprint density at radius 1 is 0.361 bits per heavy atom. The van der Waals surface area contributed by atoms with Crippen molar-refractivity contribution in [3.8, 4) is 0 Å². The Kier molecular flexibility index (Phi) is 46.0. The van der Waals surface area contributed by atoms with Gasteiger partial charge in [-0.3, -0.25) is 14.4 Å². The Morgan fingerprint density at radius 3 is 1.21 bits per heavy atom. The van der Waals surface area contributed by atoms with Gasteiger partial charge in [0.2, 0.25) is 0 Å². The second-order valence-corrected chi connectivity index (χ2v) is 16.1. The van der Waals surface area contributed by atoms with Crippen LogP contribution in [0.3, 0.4) is 0 Å². The predicted octanol–water partition coefficient (Wildman–Crippen LogP) is 16.2. The van der Waals surface area contributed by atoms with Gasteiger partial charge in [0.1, 0.15) is 13.2 Å². The first-order valence-corrected chi connectivity index (χ1v) is 24.8. The van der Waals surface area contributed by atoms with Crippen molar-refractivity contribution in [3.05, 3.63) is 97.2 Å². The van der Waals surface area contributed by atoms with Crippen LogP contribution in [0.15, 0.2) is 97.2 Å². The van der Waals surface area contributed by atoms with E-state index in [9.17, 15) is 14.4 Å². The number of ether oxygens (including phenoxy) is 3. The average molecular weight is 847 g/mol. The summed E-state index contributed by atoms with van der Waals surface area (Å²) in [6.45, 7) is 6.31. The molecular weight excluding hydrogens is 757 g/mol. The van der Waals surface area contributed by atoms with Crippen molar-refractivity contribution in [1.29, 1.82) is 0 Å². The number of esters is 3. The molecule has 0 N–H and O–H groups in total. The number of allylic oxidation sites excluding steroid dienone is 16. The van der Waals surface area contributed by atoms with Crippen LogP contribution in [-0.4, -0.2) is 37.2 Å². The van der Waals surface area contributed by atoms with Gasteiger partial charge in [0.05, 0.1) is 0 Å². The zero-order chi connectivity index (χ0) is 44.4. The molecule has 0 aliphatic rings. The van der Waals surface area contributed by atoms with Crippen molar-refractivity contribution in [2.75, 3.05) is 13.2 Å². The van der Waals surface area contributed by atoms with E-state index in [4.69, 9.17) is 14.2 Å². The number of carbonyl (C=O) groups excluding carboxylic acids is 3. The maximum Gasteiger partial charge on any atom is 0.306 e. The third kappa shape index (κ3) is 47.2. The van der Waals surface area contributed by atoms with Gasteiger partial charge >= 0.3 is 17.9 Å². The lowest BCUT2D eigenvalue weighted by Crippen LogP contribution is -2.30. The summed E-state index contributed by atoms with van der Waals surface area (Å²) in [6, 6.07) is 0. The van der Waals surface area contributed by atoms with Crippen LogP contribution in [0.5, 0.6) is 0 Å². The van der Waals surface area contributed by atoms with Crippen LogP contribution in [0.4, 0.5) is 0 Å². The molecule has 0 radical (unpaired) electrons. The fraction of sp³-hybridized carbons (Fsp3) is 0.655. The molecule has 346 valence electrons. The smallest absolute Gasteiger partial charge is 0.306 e. The molecule has 0 heterocycles. The maximum absolute atomic E-state index is 12.8. The van der Waals surface area contributed by atoms with E-state index in [1.54, 1.807) is 0 Å². The number of hydrogen-bond donors (Lipinski definition) is 0. The summed E-state index contributed by atoms with van der Waals surface area (Å²) >= 11 is 0. The van der Waals surface area contributed by atoms with Crippen molar-refractivity contribution in [3.63, 3.8) is 0 Å². The largest absolute Gasteiger partial charge is 0.462 e. The first-order chi connectivity index (χ1) is 30.0. The van der Waals surface area contributed by atoms with Crippen molar-refractivity contribution >= 4 is 17.9 Å². The molecule has 0 aliphatic carbocycles. The van der Waals surface area contributed by atoms with E-state index >= 15 is 0 Å². The highest BCUT2D eigenvalue weighted by atomic mass is 16.6. The lowest BCUT2D eigenvalue weighted by atomic mass is 10.1. The van der Waals surface area contributed by atoms with E-state index in [0.29, 0.717) is 19.3 Å². The third-order valence-electron chi connectivity index (χ3n) is 10.2. The van der Waals surface area contributed by atoms with E-state index in [2.05, 4.69) is 69.4 Å². The van der Waals surface area contributed by atoms with Crippen molar-refractivity contribution < 1.29 is 28.6 Å². The van der Waals surface area contributed by atoms with Gasteiger partial charge in [-0.15, -0.1) is 0 Å². The monoisotopic (exact) mass is 847 g/mol. The SMILES string of the molecule is CC\C=C/C=C\C=C/C=C\C=C/CCCCCC(=O)OC(COC(=O)CCCCCCC/C=C\C/C=C\CC)COC(=O)CCCCCCC/C=C\CCCCCCCCC. The first kappa shape index (κ1) is 57.3. The Bertz CT molecular complexity index is 1250. The molecule has 0 aromatic carbocycles. The highest BCUT2D eigenvalue weighted by Crippen LogP contribution is 2.13. The Morgan fingerprint density at radius 2 is 0.721 bits per heavy atom. The summed E-state index contributed by atoms with van der Waals surface area (Å²) in [4.78, 5) is 37.9. The van der Waals surface area contributed by atoms with Gasteiger partial charge in [-0.2, -0.15) is 0 Å². The molecule has 0 aliphatic heterocycles. The summed E-state index contributed by atoms with van der Waals surface area (Å²) < 4.78 is 16.7. The van der Waals surface area contributed by atoms with E-state index in [1.165, 1.54) is 57.8 Å². The minimum absolute atomic E-state index is 0.105. The highest BCUT2D eigenvalue weighted by molar-refractivity contribution is 5.71. The molecule has 0 fully saturated rings. The van der Waals surface area contributed by atoms with E-state index < -0.39 is 6.10 Å². The third-order valence-corrected chi connectivity index (χ3v) is 10.2. The maximum atomic E-state index is 12.8. The van der Waals surface area contributed by atoms with Gasteiger partial charge < -0.3 is 14.2 Å². The van der Waals surface area contributed by atoms with E-state index in [-0.39, 0.29) is 37.5 Å². The molecule has 1 unspecified atom stereocenters. The minimum Gasteiger partial charge on any atom is -0.462 e. The molecule has 0 rings (SSSR count). The minimum atomic E-state index is -0.808. The van der Waals surface area contributed by atoms with E-state index in [0.717, 1.165) is 109 Å². The topological polar surface area (TPSA) is 78.9 Å². The lowest BCUT2D eigenvalue weighted by Gasteiger charge is -2.18. The van der Waals surface area contributed by atoms with Gasteiger partial charge in [-0.25, -0.2) is 0 Å². The molecule has 0 spiro atoms. The van der Waals surface area contributed by atoms with Crippen LogP contribution < -0.4 is 0 Å². The lowest BCUT2D eigenvalue weighted by molar-refractivity contribution is -0.167. The summed E-state index contributed by atoms with van der Waals surface area (Å²) in [5, 5.41) is 0. The summed E-state index contributed by atoms with van der Waals surface area (Å²) in [5.74, 6) is -0.976. The first-order valence-electron chi connectivity index (χ1n) is 24.8. The number of rotatable bonds is 43. The number of unbranched alkanes of at least 4 members (excludes halogenated alkanes) is 20. The van der Waals surface area contributed by atoms with Crippen LogP contribution in [0, 0.1) is 0 Å². The summed E-state index contributed by atoms with van der Waals surface area (Å²) in [6.07, 6.45) is 63.9. The van der Waals surface area contributed by atoms with Crippen LogP contribution >= 0.6 is 0 Å². The molecule has 0 aromatic rings. The molecule has 61 heavy (non-hydrogen) atoms. The quantitative estimate of drug-likeness (QED) is 0.0200. The Balaban J connectivity index is 4.50. The number of carbonyl (C=O) groups is 3. The molecular formula is C55H90O6. The molecule has 6 nitrogen and oxygen atoms in total. The molecule has 0 saturated heterocycles. The second-order valence-electron chi connectivity index (χ2n) is 16.1. The van der Waals surface area contributed by atoms with Gasteiger partial charge in [0, 0.05) is 19.3 Å². The highest BCUT2D eigenvalue weighted by Gasteiger charge is 2.19. The van der Waals surface area contributed by atoms with Crippen LogP contribution in [-0.2, 0) is 28.6 Å². The predicted molar refractivity (Wildman–Crippen MR) is 260 cm³/mol. The zero-order valence-electron chi connectivity index (χ0n) is 39.4. The molecule has 1 atom stereocenters. The average Bonchev–Trinajstić information content (AvgIpc) is 3.26. The molecule has 0 bridgehead atoms. The van der Waals surface area contributed by atoms with Crippen LogP contribution in [0.2, 0.25) is 0 Å².